The Morgan fingerprint density at radius 2 is 1.60 bits per heavy atom. The fourth-order valence-electron chi connectivity index (χ4n) is 1.44. The maximum Gasteiger partial charge on any atom is 0.328 e. The molecule has 0 unspecified atom stereocenters. The molecule has 0 aliphatic rings. The van der Waals surface area contributed by atoms with Gasteiger partial charge in [-0.1, -0.05) is 30.4 Å². The van der Waals surface area contributed by atoms with Gasteiger partial charge in [-0.05, 0) is 17.7 Å². The topological polar surface area (TPSA) is 76.0 Å². The minimum atomic E-state index is -0.994. The summed E-state index contributed by atoms with van der Waals surface area (Å²) in [5, 5.41) is 18.2. The predicted octanol–water partition coefficient (Wildman–Crippen LogP) is 2.62. The molecule has 0 saturated carbocycles. The van der Waals surface area contributed by atoms with Gasteiger partial charge in [0, 0.05) is 6.08 Å². The van der Waals surface area contributed by atoms with Crippen LogP contribution in [-0.2, 0) is 4.79 Å². The maximum absolute atomic E-state index is 10.2. The molecule has 0 saturated heterocycles. The number of benzene rings is 1. The number of phenols is 1. The second kappa shape index (κ2) is 7.68. The Labute approximate surface area is 117 Å². The van der Waals surface area contributed by atoms with Crippen LogP contribution in [0.15, 0.2) is 42.5 Å². The Balaban J connectivity index is 2.84. The number of hydrogen-bond donors (Lipinski definition) is 2. The fourth-order valence-corrected chi connectivity index (χ4v) is 1.44. The molecule has 0 aliphatic carbocycles. The van der Waals surface area contributed by atoms with Crippen LogP contribution >= 0.6 is 0 Å². The lowest BCUT2D eigenvalue weighted by Crippen LogP contribution is -1.90. The summed E-state index contributed by atoms with van der Waals surface area (Å²) in [6, 6.07) is 3.32. The third-order valence-electron chi connectivity index (χ3n) is 2.36. The first kappa shape index (κ1) is 15.4. The summed E-state index contributed by atoms with van der Waals surface area (Å²) in [4.78, 5) is 10.2. The van der Waals surface area contributed by atoms with Gasteiger partial charge in [0.25, 0.3) is 0 Å². The number of hydrogen-bond acceptors (Lipinski definition) is 4. The minimum absolute atomic E-state index is 0.0490. The predicted molar refractivity (Wildman–Crippen MR) is 76.2 cm³/mol. The average Bonchev–Trinajstić information content (AvgIpc) is 2.43. The summed E-state index contributed by atoms with van der Waals surface area (Å²) < 4.78 is 10.1. The van der Waals surface area contributed by atoms with Gasteiger partial charge < -0.3 is 19.7 Å². The van der Waals surface area contributed by atoms with Crippen molar-refractivity contribution in [1.29, 1.82) is 0 Å². The summed E-state index contributed by atoms with van der Waals surface area (Å²) in [6.07, 6.45) is 9.25. The summed E-state index contributed by atoms with van der Waals surface area (Å²) in [6.45, 7) is 0. The minimum Gasteiger partial charge on any atom is -0.502 e. The first-order valence-corrected chi connectivity index (χ1v) is 5.77. The Morgan fingerprint density at radius 1 is 1.05 bits per heavy atom. The van der Waals surface area contributed by atoms with Crippen LogP contribution in [0, 0.1) is 0 Å². The first-order valence-electron chi connectivity index (χ1n) is 5.77. The first-order chi connectivity index (χ1) is 9.58. The molecule has 0 bridgehead atoms. The molecular weight excluding hydrogens is 260 g/mol. The lowest BCUT2D eigenvalue weighted by molar-refractivity contribution is -0.131. The highest BCUT2D eigenvalue weighted by atomic mass is 16.5. The number of rotatable bonds is 6. The van der Waals surface area contributed by atoms with E-state index in [0.717, 1.165) is 11.6 Å². The number of aromatic hydroxyl groups is 1. The Bertz CT molecular complexity index is 530. The molecule has 5 nitrogen and oxygen atoms in total. The van der Waals surface area contributed by atoms with Crippen LogP contribution < -0.4 is 9.47 Å². The molecule has 1 rings (SSSR count). The van der Waals surface area contributed by atoms with E-state index in [1.165, 1.54) is 20.3 Å². The van der Waals surface area contributed by atoms with Crippen LogP contribution in [0.2, 0.25) is 0 Å². The van der Waals surface area contributed by atoms with E-state index in [0.29, 0.717) is 11.5 Å². The van der Waals surface area contributed by atoms with Crippen LogP contribution in [0.25, 0.3) is 6.08 Å². The molecule has 0 aromatic heterocycles. The van der Waals surface area contributed by atoms with Crippen molar-refractivity contribution in [2.24, 2.45) is 0 Å². The largest absolute Gasteiger partial charge is 0.502 e. The van der Waals surface area contributed by atoms with Gasteiger partial charge in [0.2, 0.25) is 5.75 Å². The van der Waals surface area contributed by atoms with Crippen molar-refractivity contribution in [3.05, 3.63) is 48.1 Å². The zero-order chi connectivity index (χ0) is 15.0. The van der Waals surface area contributed by atoms with Crippen LogP contribution in [0.3, 0.4) is 0 Å². The van der Waals surface area contributed by atoms with Crippen LogP contribution in [0.5, 0.6) is 17.2 Å². The molecule has 0 fully saturated rings. The van der Waals surface area contributed by atoms with E-state index in [9.17, 15) is 9.90 Å². The Hall–Kier alpha value is -2.69. The molecule has 0 amide bonds. The van der Waals surface area contributed by atoms with Crippen molar-refractivity contribution < 1.29 is 24.5 Å². The highest BCUT2D eigenvalue weighted by molar-refractivity contribution is 5.80. The van der Waals surface area contributed by atoms with Crippen molar-refractivity contribution in [3.8, 4) is 17.2 Å². The zero-order valence-electron chi connectivity index (χ0n) is 11.2. The second-order valence-electron chi connectivity index (χ2n) is 3.72. The quantitative estimate of drug-likeness (QED) is 0.617. The fraction of sp³-hybridized carbons (Fsp3) is 0.133. The molecule has 0 aliphatic heterocycles. The van der Waals surface area contributed by atoms with E-state index in [2.05, 4.69) is 0 Å². The second-order valence-corrected chi connectivity index (χ2v) is 3.72. The molecule has 1 aromatic rings. The van der Waals surface area contributed by atoms with E-state index < -0.39 is 5.97 Å². The van der Waals surface area contributed by atoms with Gasteiger partial charge in [0.1, 0.15) is 0 Å². The molecule has 20 heavy (non-hydrogen) atoms. The van der Waals surface area contributed by atoms with E-state index in [4.69, 9.17) is 14.6 Å². The molecular formula is C15H16O5. The van der Waals surface area contributed by atoms with Crippen LogP contribution in [-0.4, -0.2) is 30.4 Å². The van der Waals surface area contributed by atoms with Crippen molar-refractivity contribution in [1.82, 2.24) is 0 Å². The van der Waals surface area contributed by atoms with Gasteiger partial charge in [-0.15, -0.1) is 0 Å². The molecule has 1 aromatic carbocycles. The molecule has 0 spiro atoms. The summed E-state index contributed by atoms with van der Waals surface area (Å²) in [7, 11) is 2.91. The summed E-state index contributed by atoms with van der Waals surface area (Å²) in [5.41, 5.74) is 0.781. The number of allylic oxidation sites excluding steroid dienone is 4. The maximum atomic E-state index is 10.2. The van der Waals surface area contributed by atoms with Gasteiger partial charge in [-0.25, -0.2) is 4.79 Å². The summed E-state index contributed by atoms with van der Waals surface area (Å²) in [5.74, 6) is -0.406. The van der Waals surface area contributed by atoms with Crippen LogP contribution in [0.4, 0.5) is 0 Å². The third-order valence-corrected chi connectivity index (χ3v) is 2.36. The van der Waals surface area contributed by atoms with Gasteiger partial charge >= 0.3 is 5.97 Å². The molecule has 2 N–H and O–H groups in total. The lowest BCUT2D eigenvalue weighted by Gasteiger charge is -2.09. The number of aliphatic carboxylic acids is 1. The highest BCUT2D eigenvalue weighted by Gasteiger charge is 2.09. The monoisotopic (exact) mass is 276 g/mol. The van der Waals surface area contributed by atoms with Gasteiger partial charge in [-0.2, -0.15) is 0 Å². The average molecular weight is 276 g/mol. The number of carbonyl (C=O) groups is 1. The standard InChI is InChI=1S/C15H16O5/c1-19-12-9-11(10-13(20-2)15(12)18)7-5-3-4-6-8-14(16)17/h3-10,18H,1-2H3,(H,16,17)/b4-3+,7-5+,8-6+. The Morgan fingerprint density at radius 3 is 2.10 bits per heavy atom. The number of ether oxygens (including phenoxy) is 2. The van der Waals surface area contributed by atoms with Crippen molar-refractivity contribution in [2.45, 2.75) is 0 Å². The number of methoxy groups -OCH3 is 2. The number of carboxylic acid groups (broad SMARTS) is 1. The third kappa shape index (κ3) is 4.53. The van der Waals surface area contributed by atoms with Crippen LogP contribution in [0.1, 0.15) is 5.56 Å². The molecule has 0 heterocycles. The lowest BCUT2D eigenvalue weighted by atomic mass is 10.1. The van der Waals surface area contributed by atoms with Crippen molar-refractivity contribution in [2.75, 3.05) is 14.2 Å². The molecule has 0 radical (unpaired) electrons. The molecule has 0 atom stereocenters. The summed E-state index contributed by atoms with van der Waals surface area (Å²) >= 11 is 0. The zero-order valence-corrected chi connectivity index (χ0v) is 11.2. The Kier molecular flexibility index (Phi) is 5.90. The molecule has 5 heteroatoms. The van der Waals surface area contributed by atoms with E-state index in [1.807, 2.05) is 0 Å². The SMILES string of the molecule is COc1cc(/C=C/C=C/C=C/C(=O)O)cc(OC)c1O. The number of carboxylic acids is 1. The highest BCUT2D eigenvalue weighted by Crippen LogP contribution is 2.37. The smallest absolute Gasteiger partial charge is 0.328 e. The van der Waals surface area contributed by atoms with Crippen molar-refractivity contribution >= 4 is 12.0 Å². The number of phenolic OH excluding ortho intramolecular Hbond substituents is 1. The van der Waals surface area contributed by atoms with Crippen molar-refractivity contribution in [3.63, 3.8) is 0 Å². The van der Waals surface area contributed by atoms with E-state index in [1.54, 1.807) is 36.4 Å². The molecule has 106 valence electrons. The van der Waals surface area contributed by atoms with E-state index in [-0.39, 0.29) is 5.75 Å². The van der Waals surface area contributed by atoms with Gasteiger partial charge in [0.05, 0.1) is 14.2 Å². The normalized spacial score (nSPS) is 11.5. The van der Waals surface area contributed by atoms with E-state index >= 15 is 0 Å². The van der Waals surface area contributed by atoms with Gasteiger partial charge in [0.15, 0.2) is 11.5 Å². The van der Waals surface area contributed by atoms with Gasteiger partial charge in [-0.3, -0.25) is 0 Å².